The average molecular weight is 489 g/mol. The Hall–Kier alpha value is -1.22. The van der Waals surface area contributed by atoms with Crippen LogP contribution in [-0.2, 0) is 35.0 Å². The number of hydrogen-bond acceptors (Lipinski definition) is 7. The van der Waals surface area contributed by atoms with Gasteiger partial charge in [0.1, 0.15) is 30.2 Å². The van der Waals surface area contributed by atoms with Gasteiger partial charge in [-0.2, -0.15) is 0 Å². The Morgan fingerprint density at radius 3 is 2.26 bits per heavy atom. The molecule has 0 N–H and O–H groups in total. The minimum atomic E-state index is -0.518. The standard InChI is InChI=1S/C28H40O7/c1-2-17-29-21-11-9-20(10-12-21)18-30-24-23(22-19-31-27(33-22)13-5-3-6-14-27)32-26-25(24)34-28(35-26)15-7-4-8-16-28/h9-12,22-26H,2-8,13-19H2,1H3/t22-,23+,24-,25+,26+/m0/s1. The van der Waals surface area contributed by atoms with Crippen LogP contribution < -0.4 is 4.74 Å². The molecule has 3 heterocycles. The van der Waals surface area contributed by atoms with Gasteiger partial charge in [-0.15, -0.1) is 0 Å². The quantitative estimate of drug-likeness (QED) is 0.520. The van der Waals surface area contributed by atoms with E-state index in [1.54, 1.807) is 0 Å². The van der Waals surface area contributed by atoms with Crippen LogP contribution in [0.3, 0.4) is 0 Å². The summed E-state index contributed by atoms with van der Waals surface area (Å²) in [5.74, 6) is -0.0793. The fraction of sp³-hybridized carbons (Fsp3) is 0.786. The zero-order chi connectivity index (χ0) is 23.7. The summed E-state index contributed by atoms with van der Waals surface area (Å²) in [6.07, 6.45) is 10.4. The third-order valence-corrected chi connectivity index (χ3v) is 8.20. The molecule has 7 heteroatoms. The summed E-state index contributed by atoms with van der Waals surface area (Å²) in [6, 6.07) is 8.14. The lowest BCUT2D eigenvalue weighted by Crippen LogP contribution is -2.45. The highest BCUT2D eigenvalue weighted by atomic mass is 16.9. The van der Waals surface area contributed by atoms with Crippen molar-refractivity contribution >= 4 is 0 Å². The molecule has 7 nitrogen and oxygen atoms in total. The summed E-state index contributed by atoms with van der Waals surface area (Å²) in [7, 11) is 0. The summed E-state index contributed by atoms with van der Waals surface area (Å²) in [5.41, 5.74) is 1.09. The van der Waals surface area contributed by atoms with Crippen molar-refractivity contribution in [3.8, 4) is 5.75 Å². The van der Waals surface area contributed by atoms with Crippen LogP contribution in [0.5, 0.6) is 5.75 Å². The maximum atomic E-state index is 6.62. The molecule has 2 saturated carbocycles. The highest BCUT2D eigenvalue weighted by molar-refractivity contribution is 5.27. The van der Waals surface area contributed by atoms with Gasteiger partial charge in [0.05, 0.1) is 19.8 Å². The van der Waals surface area contributed by atoms with Crippen LogP contribution in [0.25, 0.3) is 0 Å². The van der Waals surface area contributed by atoms with Crippen LogP contribution in [0, 0.1) is 0 Å². The lowest BCUT2D eigenvalue weighted by Gasteiger charge is -2.35. The van der Waals surface area contributed by atoms with Gasteiger partial charge in [-0.05, 0) is 49.8 Å². The van der Waals surface area contributed by atoms with Crippen molar-refractivity contribution in [2.24, 2.45) is 0 Å². The third kappa shape index (κ3) is 5.00. The summed E-state index contributed by atoms with van der Waals surface area (Å²) >= 11 is 0. The fourth-order valence-corrected chi connectivity index (χ4v) is 6.36. The Bertz CT molecular complexity index is 830. The molecule has 35 heavy (non-hydrogen) atoms. The molecular formula is C28H40O7. The van der Waals surface area contributed by atoms with Crippen LogP contribution in [0.15, 0.2) is 24.3 Å². The number of fused-ring (bicyclic) bond motifs is 1. The molecule has 0 aromatic heterocycles. The van der Waals surface area contributed by atoms with Gasteiger partial charge in [-0.1, -0.05) is 31.9 Å². The minimum absolute atomic E-state index is 0.178. The van der Waals surface area contributed by atoms with Crippen molar-refractivity contribution < 1.29 is 33.2 Å². The largest absolute Gasteiger partial charge is 0.494 e. The van der Waals surface area contributed by atoms with Gasteiger partial charge in [0.15, 0.2) is 17.9 Å². The maximum Gasteiger partial charge on any atom is 0.190 e. The first-order chi connectivity index (χ1) is 17.2. The van der Waals surface area contributed by atoms with Crippen LogP contribution in [0.1, 0.15) is 83.1 Å². The molecule has 5 atom stereocenters. The van der Waals surface area contributed by atoms with Gasteiger partial charge < -0.3 is 33.2 Å². The van der Waals surface area contributed by atoms with Gasteiger partial charge in [0.25, 0.3) is 0 Å². The Kier molecular flexibility index (Phi) is 7.08. The first-order valence-corrected chi connectivity index (χ1v) is 13.8. The van der Waals surface area contributed by atoms with E-state index in [4.69, 9.17) is 33.2 Å². The number of hydrogen-bond donors (Lipinski definition) is 0. The smallest absolute Gasteiger partial charge is 0.190 e. The van der Waals surface area contributed by atoms with Crippen molar-refractivity contribution in [1.29, 1.82) is 0 Å². The second-order valence-electron chi connectivity index (χ2n) is 10.8. The van der Waals surface area contributed by atoms with Crippen molar-refractivity contribution in [3.63, 3.8) is 0 Å². The highest BCUT2D eigenvalue weighted by Crippen LogP contribution is 2.48. The zero-order valence-corrected chi connectivity index (χ0v) is 21.0. The van der Waals surface area contributed by atoms with Gasteiger partial charge >= 0.3 is 0 Å². The first kappa shape index (κ1) is 24.1. The van der Waals surface area contributed by atoms with E-state index in [1.165, 1.54) is 12.8 Å². The second kappa shape index (κ2) is 10.3. The van der Waals surface area contributed by atoms with Gasteiger partial charge in [0.2, 0.25) is 0 Å². The third-order valence-electron chi connectivity index (χ3n) is 8.20. The van der Waals surface area contributed by atoms with Gasteiger partial charge in [-0.3, -0.25) is 0 Å². The van der Waals surface area contributed by atoms with E-state index in [1.807, 2.05) is 12.1 Å². The lowest BCUT2D eigenvalue weighted by atomic mass is 9.94. The second-order valence-corrected chi connectivity index (χ2v) is 10.8. The molecule has 194 valence electrons. The number of benzene rings is 1. The van der Waals surface area contributed by atoms with E-state index in [0.29, 0.717) is 13.2 Å². The first-order valence-electron chi connectivity index (χ1n) is 13.8. The predicted octanol–water partition coefficient (Wildman–Crippen LogP) is 5.24. The molecule has 1 aromatic carbocycles. The Balaban J connectivity index is 1.15. The summed E-state index contributed by atoms with van der Waals surface area (Å²) in [5, 5.41) is 0. The Morgan fingerprint density at radius 2 is 1.54 bits per heavy atom. The molecule has 3 aliphatic heterocycles. The summed E-state index contributed by atoms with van der Waals surface area (Å²) in [6.45, 7) is 3.83. The van der Waals surface area contributed by atoms with E-state index >= 15 is 0 Å². The average Bonchev–Trinajstić information content (AvgIpc) is 3.54. The summed E-state index contributed by atoms with van der Waals surface area (Å²) in [4.78, 5) is 0. The molecule has 6 rings (SSSR count). The molecule has 5 fully saturated rings. The lowest BCUT2D eigenvalue weighted by molar-refractivity contribution is -0.263. The fourth-order valence-electron chi connectivity index (χ4n) is 6.36. The van der Waals surface area contributed by atoms with Crippen LogP contribution >= 0.6 is 0 Å². The maximum absolute atomic E-state index is 6.62. The molecule has 0 amide bonds. The van der Waals surface area contributed by atoms with Crippen molar-refractivity contribution in [2.75, 3.05) is 13.2 Å². The molecule has 2 spiro atoms. The van der Waals surface area contributed by atoms with E-state index in [-0.39, 0.29) is 24.4 Å². The SMILES string of the molecule is CCCOc1ccc(CO[C@@H]2[C@H]3OC4(CCCCC4)O[C@H]3O[C@@H]2[C@@H]2COC3(CCCCC3)O2)cc1. The normalized spacial score (nSPS) is 35.5. The topological polar surface area (TPSA) is 64.6 Å². The highest BCUT2D eigenvalue weighted by Gasteiger charge is 2.61. The number of rotatable bonds is 7. The minimum Gasteiger partial charge on any atom is -0.494 e. The number of ether oxygens (including phenoxy) is 7. The van der Waals surface area contributed by atoms with Gasteiger partial charge in [0, 0.05) is 25.7 Å². The van der Waals surface area contributed by atoms with Crippen molar-refractivity contribution in [2.45, 2.75) is 126 Å². The molecule has 0 bridgehead atoms. The van der Waals surface area contributed by atoms with Crippen LogP contribution in [-0.4, -0.2) is 55.5 Å². The molecule has 5 aliphatic rings. The van der Waals surface area contributed by atoms with Crippen LogP contribution in [0.4, 0.5) is 0 Å². The molecular weight excluding hydrogens is 448 g/mol. The molecule has 0 unspecified atom stereocenters. The molecule has 0 radical (unpaired) electrons. The zero-order valence-electron chi connectivity index (χ0n) is 21.0. The molecule has 3 saturated heterocycles. The van der Waals surface area contributed by atoms with E-state index in [2.05, 4.69) is 19.1 Å². The summed E-state index contributed by atoms with van der Waals surface area (Å²) < 4.78 is 44.6. The van der Waals surface area contributed by atoms with Crippen molar-refractivity contribution in [1.82, 2.24) is 0 Å². The predicted molar refractivity (Wildman–Crippen MR) is 128 cm³/mol. The Morgan fingerprint density at radius 1 is 0.829 bits per heavy atom. The van der Waals surface area contributed by atoms with E-state index < -0.39 is 17.9 Å². The molecule has 2 aliphatic carbocycles. The molecule has 1 aromatic rings. The monoisotopic (exact) mass is 488 g/mol. The van der Waals surface area contributed by atoms with Gasteiger partial charge in [-0.25, -0.2) is 0 Å². The van der Waals surface area contributed by atoms with Crippen molar-refractivity contribution in [3.05, 3.63) is 29.8 Å². The van der Waals surface area contributed by atoms with E-state index in [9.17, 15) is 0 Å². The van der Waals surface area contributed by atoms with Crippen LogP contribution in [0.2, 0.25) is 0 Å². The Labute approximate surface area is 208 Å². The van der Waals surface area contributed by atoms with E-state index in [0.717, 1.165) is 75.7 Å².